The molecule has 0 fully saturated rings. The molecule has 0 saturated carbocycles. The number of hydrogen-bond acceptors (Lipinski definition) is 6. The highest BCUT2D eigenvalue weighted by molar-refractivity contribution is 7.99. The van der Waals surface area contributed by atoms with Crippen LogP contribution in [-0.2, 0) is 11.2 Å². The van der Waals surface area contributed by atoms with Gasteiger partial charge in [-0.3, -0.25) is 9.59 Å². The van der Waals surface area contributed by atoms with Crippen molar-refractivity contribution in [2.45, 2.75) is 37.9 Å². The number of benzene rings is 1. The van der Waals surface area contributed by atoms with E-state index in [9.17, 15) is 9.59 Å². The summed E-state index contributed by atoms with van der Waals surface area (Å²) in [6.45, 7) is 3.90. The van der Waals surface area contributed by atoms with Gasteiger partial charge in [-0.25, -0.2) is 4.98 Å². The van der Waals surface area contributed by atoms with Crippen LogP contribution < -0.4 is 20.3 Å². The number of aromatic nitrogens is 2. The molecule has 7 nitrogen and oxygen atoms in total. The zero-order valence-electron chi connectivity index (χ0n) is 16.0. The Kier molecular flexibility index (Phi) is 7.72. The van der Waals surface area contributed by atoms with E-state index in [4.69, 9.17) is 9.47 Å². The molecule has 2 N–H and O–H groups in total. The molecule has 146 valence electrons. The Morgan fingerprint density at radius 2 is 2.07 bits per heavy atom. The predicted molar refractivity (Wildman–Crippen MR) is 106 cm³/mol. The van der Waals surface area contributed by atoms with Gasteiger partial charge in [-0.2, -0.15) is 0 Å². The molecule has 1 aromatic heterocycles. The van der Waals surface area contributed by atoms with Crippen LogP contribution in [0.3, 0.4) is 0 Å². The highest BCUT2D eigenvalue weighted by Gasteiger charge is 2.16. The molecule has 0 aliphatic heterocycles. The third-order valence-corrected chi connectivity index (χ3v) is 4.77. The molecule has 8 heteroatoms. The number of ether oxygens (including phenoxy) is 2. The average Bonchev–Trinajstić information content (AvgIpc) is 2.65. The molecular formula is C19H25N3O4S. The van der Waals surface area contributed by atoms with Crippen molar-refractivity contribution in [2.75, 3.05) is 20.0 Å². The Hall–Kier alpha value is -2.48. The zero-order valence-corrected chi connectivity index (χ0v) is 16.8. The minimum atomic E-state index is -0.262. The number of aryl methyl sites for hydroxylation is 1. The summed E-state index contributed by atoms with van der Waals surface area (Å²) in [5, 5.41) is 3.38. The van der Waals surface area contributed by atoms with E-state index in [0.29, 0.717) is 16.7 Å². The molecule has 1 amide bonds. The molecule has 0 radical (unpaired) electrons. The normalized spacial score (nSPS) is 11.7. The highest BCUT2D eigenvalue weighted by Crippen LogP contribution is 2.29. The van der Waals surface area contributed by atoms with E-state index in [1.807, 2.05) is 19.9 Å². The first-order chi connectivity index (χ1) is 13.0. The molecule has 1 heterocycles. The van der Waals surface area contributed by atoms with Crippen LogP contribution in [-0.4, -0.2) is 35.8 Å². The summed E-state index contributed by atoms with van der Waals surface area (Å²) in [7, 11) is 3.17. The lowest BCUT2D eigenvalue weighted by Gasteiger charge is -2.18. The molecule has 0 spiro atoms. The van der Waals surface area contributed by atoms with Gasteiger partial charge in [0, 0.05) is 17.3 Å². The van der Waals surface area contributed by atoms with Gasteiger partial charge in [0.2, 0.25) is 5.91 Å². The first-order valence-corrected chi connectivity index (χ1v) is 9.69. The van der Waals surface area contributed by atoms with E-state index >= 15 is 0 Å². The van der Waals surface area contributed by atoms with Gasteiger partial charge in [-0.1, -0.05) is 25.1 Å². The zero-order chi connectivity index (χ0) is 19.8. The minimum absolute atomic E-state index is 0.148. The summed E-state index contributed by atoms with van der Waals surface area (Å²) in [6, 6.07) is 6.67. The fourth-order valence-corrected chi connectivity index (χ4v) is 3.31. The van der Waals surface area contributed by atoms with E-state index in [1.54, 1.807) is 26.4 Å². The van der Waals surface area contributed by atoms with Crippen LogP contribution in [0.2, 0.25) is 0 Å². The predicted octanol–water partition coefficient (Wildman–Crippen LogP) is 2.71. The number of thioether (sulfide) groups is 1. The maximum absolute atomic E-state index is 12.3. The van der Waals surface area contributed by atoms with Crippen LogP contribution in [0.25, 0.3) is 0 Å². The van der Waals surface area contributed by atoms with Gasteiger partial charge < -0.3 is 19.8 Å². The molecular weight excluding hydrogens is 366 g/mol. The van der Waals surface area contributed by atoms with Gasteiger partial charge in [-0.15, -0.1) is 0 Å². The number of nitrogens with zero attached hydrogens (tertiary/aromatic N) is 1. The van der Waals surface area contributed by atoms with E-state index in [2.05, 4.69) is 15.3 Å². The number of carbonyl (C=O) groups excluding carboxylic acids is 1. The number of nitrogens with one attached hydrogen (secondary N) is 2. The fourth-order valence-electron chi connectivity index (χ4n) is 2.61. The van der Waals surface area contributed by atoms with Crippen molar-refractivity contribution in [1.29, 1.82) is 0 Å². The molecule has 0 aliphatic carbocycles. The Morgan fingerprint density at radius 1 is 1.30 bits per heavy atom. The van der Waals surface area contributed by atoms with Crippen molar-refractivity contribution >= 4 is 17.7 Å². The summed E-state index contributed by atoms with van der Waals surface area (Å²) in [5.74, 6) is 1.35. The second-order valence-electron chi connectivity index (χ2n) is 5.98. The van der Waals surface area contributed by atoms with Crippen LogP contribution in [0.4, 0.5) is 0 Å². The van der Waals surface area contributed by atoms with Crippen LogP contribution in [0.1, 0.15) is 37.6 Å². The first kappa shape index (κ1) is 20.8. The number of H-pyrrole nitrogens is 1. The largest absolute Gasteiger partial charge is 0.497 e. The van der Waals surface area contributed by atoms with E-state index in [-0.39, 0.29) is 23.3 Å². The van der Waals surface area contributed by atoms with Crippen molar-refractivity contribution in [1.82, 2.24) is 15.3 Å². The topological polar surface area (TPSA) is 93.3 Å². The van der Waals surface area contributed by atoms with Gasteiger partial charge in [0.15, 0.2) is 5.16 Å². The number of carbonyl (C=O) groups is 1. The molecule has 1 aromatic carbocycles. The van der Waals surface area contributed by atoms with E-state index in [0.717, 1.165) is 24.1 Å². The lowest BCUT2D eigenvalue weighted by Crippen LogP contribution is -2.28. The summed E-state index contributed by atoms with van der Waals surface area (Å²) in [5.41, 5.74) is 1.36. The first-order valence-electron chi connectivity index (χ1n) is 8.71. The Labute approximate surface area is 162 Å². The van der Waals surface area contributed by atoms with Gasteiger partial charge >= 0.3 is 0 Å². The van der Waals surface area contributed by atoms with Crippen LogP contribution in [0, 0.1) is 0 Å². The summed E-state index contributed by atoms with van der Waals surface area (Å²) in [4.78, 5) is 31.0. The number of rotatable bonds is 9. The second kappa shape index (κ2) is 10.0. The highest BCUT2D eigenvalue weighted by atomic mass is 32.2. The van der Waals surface area contributed by atoms with Crippen molar-refractivity contribution in [3.63, 3.8) is 0 Å². The van der Waals surface area contributed by atoms with Gasteiger partial charge in [0.05, 0.1) is 26.0 Å². The van der Waals surface area contributed by atoms with Crippen molar-refractivity contribution in [3.8, 4) is 11.5 Å². The summed E-state index contributed by atoms with van der Waals surface area (Å²) < 4.78 is 10.6. The van der Waals surface area contributed by atoms with Gasteiger partial charge in [-0.05, 0) is 31.5 Å². The number of methoxy groups -OCH3 is 2. The van der Waals surface area contributed by atoms with Crippen molar-refractivity contribution in [2.24, 2.45) is 0 Å². The fraction of sp³-hybridized carbons (Fsp3) is 0.421. The van der Waals surface area contributed by atoms with Crippen molar-refractivity contribution in [3.05, 3.63) is 45.9 Å². The monoisotopic (exact) mass is 391 g/mol. The third-order valence-electron chi connectivity index (χ3n) is 3.90. The Morgan fingerprint density at radius 3 is 2.74 bits per heavy atom. The lowest BCUT2D eigenvalue weighted by molar-refractivity contribution is -0.119. The minimum Gasteiger partial charge on any atom is -0.497 e. The number of aromatic amines is 1. The van der Waals surface area contributed by atoms with Crippen LogP contribution >= 0.6 is 11.8 Å². The molecule has 0 unspecified atom stereocenters. The number of amides is 1. The standard InChI is InChI=1S/C19H25N3O4S/c1-5-6-13-9-17(23)22-19(21-13)27-11-18(24)20-12(2)15-10-14(25-3)7-8-16(15)26-4/h7-10,12H,5-6,11H2,1-4H3,(H,20,24)(H,21,22,23)/t12-/m0/s1. The SMILES string of the molecule is CCCc1cc(=O)[nH]c(SCC(=O)N[C@@H](C)c2cc(OC)ccc2OC)n1. The van der Waals surface area contributed by atoms with Crippen LogP contribution in [0.15, 0.2) is 34.2 Å². The van der Waals surface area contributed by atoms with Crippen molar-refractivity contribution < 1.29 is 14.3 Å². The lowest BCUT2D eigenvalue weighted by atomic mass is 10.1. The molecule has 0 bridgehead atoms. The molecule has 0 aliphatic rings. The summed E-state index contributed by atoms with van der Waals surface area (Å²) in [6.07, 6.45) is 1.64. The average molecular weight is 391 g/mol. The van der Waals surface area contributed by atoms with Gasteiger partial charge in [0.25, 0.3) is 5.56 Å². The maximum Gasteiger partial charge on any atom is 0.251 e. The van der Waals surface area contributed by atoms with Gasteiger partial charge in [0.1, 0.15) is 11.5 Å². The third kappa shape index (κ3) is 6.02. The Balaban J connectivity index is 2.01. The molecule has 1 atom stereocenters. The number of hydrogen-bond donors (Lipinski definition) is 2. The molecule has 2 aromatic rings. The molecule has 0 saturated heterocycles. The summed E-state index contributed by atoms with van der Waals surface area (Å²) >= 11 is 1.20. The van der Waals surface area contributed by atoms with E-state index in [1.165, 1.54) is 17.8 Å². The second-order valence-corrected chi connectivity index (χ2v) is 6.94. The van der Waals surface area contributed by atoms with Crippen LogP contribution in [0.5, 0.6) is 11.5 Å². The maximum atomic E-state index is 12.3. The molecule has 2 rings (SSSR count). The molecule has 27 heavy (non-hydrogen) atoms. The Bertz CT molecular complexity index is 838. The quantitative estimate of drug-likeness (QED) is 0.504. The smallest absolute Gasteiger partial charge is 0.251 e. The van der Waals surface area contributed by atoms with E-state index < -0.39 is 0 Å².